The van der Waals surface area contributed by atoms with E-state index in [1.165, 1.54) is 128 Å². The minimum Gasteiger partial charge on any atom is -0.462 e. The maximum atomic E-state index is 12.7. The molecular weight excluding hydrogens is 701 g/mol. The highest BCUT2D eigenvalue weighted by Crippen LogP contribution is 2.43. The Labute approximate surface area is 332 Å². The van der Waals surface area contributed by atoms with Crippen LogP contribution in [0.2, 0.25) is 0 Å². The van der Waals surface area contributed by atoms with Gasteiger partial charge in [0.05, 0.1) is 27.7 Å². The standard InChI is InChI=1S/C44H84NO8P/c1-6-8-10-12-14-16-18-20-22-24-26-28-30-32-34-36-43(46)50-40-42(41-52-54(48,49)51-39-38-45(3,4)5)53-44(47)37-35-33-31-29-27-25-23-21-19-17-15-13-11-9-7-2/h28-31,42H,6-27,32-41H2,1-5H3/p+1/b30-28+,31-29+. The molecule has 9 nitrogen and oxygen atoms in total. The molecule has 0 rings (SSSR count). The summed E-state index contributed by atoms with van der Waals surface area (Å²) in [5.41, 5.74) is 0. The zero-order chi connectivity index (χ0) is 40.0. The molecule has 0 fully saturated rings. The summed E-state index contributed by atoms with van der Waals surface area (Å²) in [6, 6.07) is 0. The lowest BCUT2D eigenvalue weighted by Crippen LogP contribution is -2.37. The number of quaternary nitrogens is 1. The van der Waals surface area contributed by atoms with Crippen LogP contribution in [0.4, 0.5) is 0 Å². The Bertz CT molecular complexity index is 980. The number of hydrogen-bond acceptors (Lipinski definition) is 7. The minimum atomic E-state index is -4.38. The average molecular weight is 787 g/mol. The Morgan fingerprint density at radius 1 is 0.556 bits per heavy atom. The topological polar surface area (TPSA) is 108 Å². The van der Waals surface area contributed by atoms with Crippen LogP contribution in [0.25, 0.3) is 0 Å². The summed E-state index contributed by atoms with van der Waals surface area (Å²) < 4.78 is 34.2. The van der Waals surface area contributed by atoms with Crippen LogP contribution in [0.3, 0.4) is 0 Å². The first-order valence-corrected chi connectivity index (χ1v) is 23.6. The molecule has 2 unspecified atom stereocenters. The summed E-state index contributed by atoms with van der Waals surface area (Å²) in [5, 5.41) is 0. The van der Waals surface area contributed by atoms with Crippen molar-refractivity contribution >= 4 is 19.8 Å². The lowest BCUT2D eigenvalue weighted by molar-refractivity contribution is -0.870. The lowest BCUT2D eigenvalue weighted by Gasteiger charge is -2.24. The first-order valence-electron chi connectivity index (χ1n) is 22.1. The zero-order valence-corrected chi connectivity index (χ0v) is 36.6. The van der Waals surface area contributed by atoms with E-state index < -0.39 is 32.5 Å². The third-order valence-electron chi connectivity index (χ3n) is 9.45. The summed E-state index contributed by atoms with van der Waals surface area (Å²) in [6.07, 6.45) is 39.5. The van der Waals surface area contributed by atoms with Crippen molar-refractivity contribution in [2.75, 3.05) is 47.5 Å². The number of carbonyl (C=O) groups excluding carboxylic acids is 2. The van der Waals surface area contributed by atoms with Gasteiger partial charge in [0, 0.05) is 12.8 Å². The minimum absolute atomic E-state index is 0.0249. The van der Waals surface area contributed by atoms with Crippen molar-refractivity contribution in [3.8, 4) is 0 Å². The van der Waals surface area contributed by atoms with E-state index in [1.54, 1.807) is 0 Å². The number of phosphoric ester groups is 1. The second kappa shape index (κ2) is 37.1. The molecule has 1 N–H and O–H groups in total. The first-order chi connectivity index (χ1) is 26.0. The molecule has 0 aliphatic rings. The Morgan fingerprint density at radius 3 is 1.37 bits per heavy atom. The number of hydrogen-bond donors (Lipinski definition) is 1. The molecule has 2 atom stereocenters. The zero-order valence-electron chi connectivity index (χ0n) is 35.7. The maximum absolute atomic E-state index is 12.7. The lowest BCUT2D eigenvalue weighted by atomic mass is 10.1. The van der Waals surface area contributed by atoms with Gasteiger partial charge in [-0.2, -0.15) is 0 Å². The van der Waals surface area contributed by atoms with E-state index >= 15 is 0 Å². The van der Waals surface area contributed by atoms with Gasteiger partial charge in [0.1, 0.15) is 19.8 Å². The molecule has 0 saturated carbocycles. The number of allylic oxidation sites excluding steroid dienone is 4. The molecule has 318 valence electrons. The average Bonchev–Trinajstić information content (AvgIpc) is 3.12. The van der Waals surface area contributed by atoms with Crippen LogP contribution < -0.4 is 0 Å². The number of esters is 2. The van der Waals surface area contributed by atoms with Gasteiger partial charge >= 0.3 is 19.8 Å². The monoisotopic (exact) mass is 787 g/mol. The second-order valence-corrected chi connectivity index (χ2v) is 17.5. The fourth-order valence-corrected chi connectivity index (χ4v) is 6.70. The van der Waals surface area contributed by atoms with E-state index in [2.05, 4.69) is 38.2 Å². The van der Waals surface area contributed by atoms with Crippen molar-refractivity contribution in [2.24, 2.45) is 0 Å². The summed E-state index contributed by atoms with van der Waals surface area (Å²) in [4.78, 5) is 35.3. The summed E-state index contributed by atoms with van der Waals surface area (Å²) in [6.45, 7) is 4.37. The predicted octanol–water partition coefficient (Wildman–Crippen LogP) is 12.4. The van der Waals surface area contributed by atoms with E-state index in [-0.39, 0.29) is 26.1 Å². The van der Waals surface area contributed by atoms with E-state index in [0.717, 1.165) is 25.7 Å². The van der Waals surface area contributed by atoms with Gasteiger partial charge in [-0.15, -0.1) is 0 Å². The fraction of sp³-hybridized carbons (Fsp3) is 0.864. The molecule has 54 heavy (non-hydrogen) atoms. The Hall–Kier alpha value is -1.51. The van der Waals surface area contributed by atoms with Gasteiger partial charge in [0.2, 0.25) is 0 Å². The van der Waals surface area contributed by atoms with Gasteiger partial charge in [0.15, 0.2) is 6.10 Å². The molecule has 0 aromatic heterocycles. The first kappa shape index (κ1) is 52.5. The smallest absolute Gasteiger partial charge is 0.462 e. The van der Waals surface area contributed by atoms with Crippen LogP contribution in [0.1, 0.15) is 194 Å². The Morgan fingerprint density at radius 2 is 0.944 bits per heavy atom. The summed E-state index contributed by atoms with van der Waals surface area (Å²) >= 11 is 0. The van der Waals surface area contributed by atoms with Gasteiger partial charge in [-0.3, -0.25) is 18.6 Å². The van der Waals surface area contributed by atoms with Gasteiger partial charge in [-0.1, -0.05) is 154 Å². The molecule has 0 radical (unpaired) electrons. The fourth-order valence-electron chi connectivity index (χ4n) is 5.96. The maximum Gasteiger partial charge on any atom is 0.472 e. The number of likely N-dealkylation sites (N-methyl/N-ethyl adjacent to an activating group) is 1. The number of phosphoric acid groups is 1. The second-order valence-electron chi connectivity index (χ2n) is 16.1. The van der Waals surface area contributed by atoms with E-state index in [1.807, 2.05) is 21.1 Å². The van der Waals surface area contributed by atoms with Crippen LogP contribution in [-0.4, -0.2) is 74.9 Å². The molecule has 10 heteroatoms. The number of rotatable bonds is 40. The van der Waals surface area contributed by atoms with Gasteiger partial charge in [0.25, 0.3) is 0 Å². The molecule has 0 heterocycles. The van der Waals surface area contributed by atoms with Crippen LogP contribution in [0.5, 0.6) is 0 Å². The van der Waals surface area contributed by atoms with Crippen molar-refractivity contribution < 1.29 is 42.1 Å². The Balaban J connectivity index is 4.42. The van der Waals surface area contributed by atoms with Gasteiger partial charge in [-0.25, -0.2) is 4.57 Å². The molecular formula is C44H85NO8P+. The summed E-state index contributed by atoms with van der Waals surface area (Å²) in [7, 11) is 1.45. The van der Waals surface area contributed by atoms with Crippen molar-refractivity contribution in [2.45, 2.75) is 200 Å². The highest BCUT2D eigenvalue weighted by Gasteiger charge is 2.27. The van der Waals surface area contributed by atoms with Crippen LogP contribution in [0, 0.1) is 0 Å². The van der Waals surface area contributed by atoms with Crippen LogP contribution >= 0.6 is 7.82 Å². The predicted molar refractivity (Wildman–Crippen MR) is 224 cm³/mol. The van der Waals surface area contributed by atoms with Gasteiger partial charge < -0.3 is 18.9 Å². The SMILES string of the molecule is CCCCCCCCCCCC/C=C/CCCC(=O)OCC(COP(=O)(O)OCC[N+](C)(C)C)OC(=O)CCC/C=C/CCCCCCCCCCCC. The number of nitrogens with zero attached hydrogens (tertiary/aromatic N) is 1. The van der Waals surface area contributed by atoms with Crippen molar-refractivity contribution in [3.63, 3.8) is 0 Å². The molecule has 0 aromatic rings. The Kier molecular flexibility index (Phi) is 36.1. The summed E-state index contributed by atoms with van der Waals surface area (Å²) in [5.74, 6) is -0.868. The number of ether oxygens (including phenoxy) is 2. The number of unbranched alkanes of at least 4 members (excludes halogenated alkanes) is 22. The highest BCUT2D eigenvalue weighted by molar-refractivity contribution is 7.47. The quantitative estimate of drug-likeness (QED) is 0.0215. The largest absolute Gasteiger partial charge is 0.472 e. The van der Waals surface area contributed by atoms with Crippen LogP contribution in [-0.2, 0) is 32.7 Å². The molecule has 0 spiro atoms. The molecule has 0 aliphatic carbocycles. The van der Waals surface area contributed by atoms with Crippen molar-refractivity contribution in [1.29, 1.82) is 0 Å². The molecule has 0 saturated heterocycles. The van der Waals surface area contributed by atoms with Gasteiger partial charge in [-0.05, 0) is 51.4 Å². The third-order valence-corrected chi connectivity index (χ3v) is 10.4. The van der Waals surface area contributed by atoms with E-state index in [0.29, 0.717) is 23.9 Å². The van der Waals surface area contributed by atoms with E-state index in [4.69, 9.17) is 18.5 Å². The van der Waals surface area contributed by atoms with Crippen LogP contribution in [0.15, 0.2) is 24.3 Å². The molecule has 0 aliphatic heterocycles. The normalized spacial score (nSPS) is 13.8. The third kappa shape index (κ3) is 40.2. The molecule has 0 amide bonds. The van der Waals surface area contributed by atoms with E-state index in [9.17, 15) is 19.0 Å². The number of carbonyl (C=O) groups is 2. The highest BCUT2D eigenvalue weighted by atomic mass is 31.2. The molecule has 0 aromatic carbocycles. The van der Waals surface area contributed by atoms with Crippen molar-refractivity contribution in [3.05, 3.63) is 24.3 Å². The van der Waals surface area contributed by atoms with Crippen molar-refractivity contribution in [1.82, 2.24) is 0 Å². The molecule has 0 bridgehead atoms.